The van der Waals surface area contributed by atoms with Gasteiger partial charge in [0.1, 0.15) is 11.7 Å². The van der Waals surface area contributed by atoms with E-state index in [-0.39, 0.29) is 31.1 Å². The Morgan fingerprint density at radius 2 is 1.83 bits per heavy atom. The quantitative estimate of drug-likeness (QED) is 0.472. The Kier molecular flexibility index (Phi) is 6.63. The van der Waals surface area contributed by atoms with Crippen LogP contribution in [-0.2, 0) is 25.7 Å². The lowest BCUT2D eigenvalue weighted by Gasteiger charge is -2.28. The molecular weight excluding hydrogens is 450 g/mol. The molecule has 0 bridgehead atoms. The average molecular weight is 476 g/mol. The first-order valence-corrected chi connectivity index (χ1v) is 11.1. The number of carbonyl (C=O) groups is 5. The van der Waals surface area contributed by atoms with Gasteiger partial charge in [0.2, 0.25) is 11.8 Å². The van der Waals surface area contributed by atoms with Gasteiger partial charge in [-0.1, -0.05) is 18.2 Å². The molecule has 180 valence electrons. The van der Waals surface area contributed by atoms with Crippen LogP contribution in [0.2, 0.25) is 0 Å². The topological polar surface area (TPSA) is 137 Å². The van der Waals surface area contributed by atoms with E-state index in [1.165, 1.54) is 0 Å². The summed E-state index contributed by atoms with van der Waals surface area (Å²) in [5.74, 6) is -2.34. The van der Waals surface area contributed by atoms with Crippen molar-refractivity contribution in [2.75, 3.05) is 10.6 Å². The zero-order chi connectivity index (χ0) is 25.1. The third-order valence-electron chi connectivity index (χ3n) is 5.90. The Hall–Kier alpha value is -4.47. The number of nitrogens with one attached hydrogen (secondary N) is 4. The van der Waals surface area contributed by atoms with Gasteiger partial charge in [0, 0.05) is 30.4 Å². The van der Waals surface area contributed by atoms with Crippen LogP contribution < -0.4 is 21.3 Å². The fraction of sp³-hybridized carbons (Fsp3) is 0.240. The second kappa shape index (κ2) is 9.80. The molecule has 10 heteroatoms. The highest BCUT2D eigenvalue weighted by Gasteiger charge is 2.42. The number of hydrogen-bond donors (Lipinski definition) is 4. The standard InChI is InChI=1S/C25H25N5O5/c1-14-6-7-18(10-15(14)2)28-25(35)26-13-16-4-3-5-17(11-16)27-19-12-22(32)30(24(19)34)20-8-9-21(31)29-23(20)33/h3-7,10-12,20,27H,8-9,13H2,1-2H3,(H2,26,28,35)(H,29,31,33). The van der Waals surface area contributed by atoms with Crippen molar-refractivity contribution in [3.8, 4) is 0 Å². The molecule has 35 heavy (non-hydrogen) atoms. The summed E-state index contributed by atoms with van der Waals surface area (Å²) in [5.41, 5.74) is 4.24. The van der Waals surface area contributed by atoms with Crippen molar-refractivity contribution in [1.29, 1.82) is 0 Å². The van der Waals surface area contributed by atoms with Gasteiger partial charge in [-0.15, -0.1) is 0 Å². The van der Waals surface area contributed by atoms with Crippen molar-refractivity contribution in [3.05, 3.63) is 70.9 Å². The summed E-state index contributed by atoms with van der Waals surface area (Å²) in [7, 11) is 0. The zero-order valence-electron chi connectivity index (χ0n) is 19.3. The van der Waals surface area contributed by atoms with E-state index in [9.17, 15) is 24.0 Å². The van der Waals surface area contributed by atoms with E-state index in [2.05, 4.69) is 21.3 Å². The first kappa shape index (κ1) is 23.7. The first-order chi connectivity index (χ1) is 16.7. The monoisotopic (exact) mass is 475 g/mol. The van der Waals surface area contributed by atoms with Crippen molar-refractivity contribution >= 4 is 41.0 Å². The number of rotatable bonds is 6. The number of carbonyl (C=O) groups excluding carboxylic acids is 5. The van der Waals surface area contributed by atoms with Crippen molar-refractivity contribution in [2.45, 2.75) is 39.3 Å². The molecule has 0 aromatic heterocycles. The number of imide groups is 2. The molecule has 0 radical (unpaired) electrons. The normalized spacial score (nSPS) is 17.7. The molecule has 0 spiro atoms. The fourth-order valence-corrected chi connectivity index (χ4v) is 3.89. The number of benzene rings is 2. The third-order valence-corrected chi connectivity index (χ3v) is 5.90. The van der Waals surface area contributed by atoms with Crippen molar-refractivity contribution in [2.24, 2.45) is 0 Å². The van der Waals surface area contributed by atoms with Gasteiger partial charge in [-0.3, -0.25) is 29.4 Å². The molecule has 0 aliphatic carbocycles. The summed E-state index contributed by atoms with van der Waals surface area (Å²) < 4.78 is 0. The lowest BCUT2D eigenvalue weighted by molar-refractivity contribution is -0.149. The minimum Gasteiger partial charge on any atom is -0.351 e. The molecule has 0 saturated carbocycles. The van der Waals surface area contributed by atoms with Gasteiger partial charge >= 0.3 is 6.03 Å². The van der Waals surface area contributed by atoms with E-state index in [0.29, 0.717) is 11.4 Å². The smallest absolute Gasteiger partial charge is 0.319 e. The lowest BCUT2D eigenvalue weighted by Crippen LogP contribution is -2.54. The third kappa shape index (κ3) is 5.37. The molecule has 2 aromatic rings. The molecule has 2 aliphatic rings. The van der Waals surface area contributed by atoms with Gasteiger partial charge in [0.25, 0.3) is 11.8 Å². The minimum atomic E-state index is -1.02. The largest absolute Gasteiger partial charge is 0.351 e. The molecule has 2 aromatic carbocycles. The van der Waals surface area contributed by atoms with Crippen LogP contribution in [0.3, 0.4) is 0 Å². The predicted octanol–water partition coefficient (Wildman–Crippen LogP) is 2.09. The van der Waals surface area contributed by atoms with Crippen molar-refractivity contribution in [3.63, 3.8) is 0 Å². The van der Waals surface area contributed by atoms with Crippen LogP contribution in [0.5, 0.6) is 0 Å². The molecule has 1 fully saturated rings. The predicted molar refractivity (Wildman–Crippen MR) is 128 cm³/mol. The molecule has 1 atom stereocenters. The Labute approximate surface area is 201 Å². The second-order valence-corrected chi connectivity index (χ2v) is 8.47. The number of urea groups is 1. The number of hydrogen-bond acceptors (Lipinski definition) is 6. The van der Waals surface area contributed by atoms with E-state index in [1.54, 1.807) is 18.2 Å². The fourth-order valence-electron chi connectivity index (χ4n) is 3.89. The molecule has 4 rings (SSSR count). The highest BCUT2D eigenvalue weighted by molar-refractivity contribution is 6.20. The van der Waals surface area contributed by atoms with E-state index in [1.807, 2.05) is 38.1 Å². The number of amides is 6. The van der Waals surface area contributed by atoms with Crippen molar-refractivity contribution < 1.29 is 24.0 Å². The van der Waals surface area contributed by atoms with Crippen LogP contribution in [0.1, 0.15) is 29.5 Å². The summed E-state index contributed by atoms with van der Waals surface area (Å²) in [6, 6.07) is 11.3. The van der Waals surface area contributed by atoms with E-state index >= 15 is 0 Å². The lowest BCUT2D eigenvalue weighted by atomic mass is 10.0. The zero-order valence-corrected chi connectivity index (χ0v) is 19.3. The van der Waals surface area contributed by atoms with Crippen LogP contribution in [0.4, 0.5) is 16.2 Å². The maximum absolute atomic E-state index is 12.8. The number of aryl methyl sites for hydroxylation is 2. The molecule has 1 unspecified atom stereocenters. The van der Waals surface area contributed by atoms with E-state index in [0.717, 1.165) is 27.7 Å². The summed E-state index contributed by atoms with van der Waals surface area (Å²) in [6.07, 6.45) is 1.28. The summed E-state index contributed by atoms with van der Waals surface area (Å²) >= 11 is 0. The Morgan fingerprint density at radius 1 is 1.03 bits per heavy atom. The minimum absolute atomic E-state index is 0.0253. The Morgan fingerprint density at radius 3 is 2.57 bits per heavy atom. The van der Waals surface area contributed by atoms with Crippen molar-refractivity contribution in [1.82, 2.24) is 15.5 Å². The van der Waals surface area contributed by atoms with Crippen LogP contribution >= 0.6 is 0 Å². The van der Waals surface area contributed by atoms with Gasteiger partial charge in [-0.2, -0.15) is 0 Å². The van der Waals surface area contributed by atoms with Crippen LogP contribution in [0, 0.1) is 13.8 Å². The molecule has 6 amide bonds. The van der Waals surface area contributed by atoms with Crippen LogP contribution in [0.25, 0.3) is 0 Å². The molecule has 2 heterocycles. The second-order valence-electron chi connectivity index (χ2n) is 8.47. The van der Waals surface area contributed by atoms with Gasteiger partial charge in [-0.25, -0.2) is 4.79 Å². The highest BCUT2D eigenvalue weighted by Crippen LogP contribution is 2.23. The average Bonchev–Trinajstić information content (AvgIpc) is 3.08. The molecule has 2 aliphatic heterocycles. The number of anilines is 2. The highest BCUT2D eigenvalue weighted by atomic mass is 16.2. The summed E-state index contributed by atoms with van der Waals surface area (Å²) in [4.78, 5) is 61.8. The van der Waals surface area contributed by atoms with E-state index < -0.39 is 29.7 Å². The summed E-state index contributed by atoms with van der Waals surface area (Å²) in [6.45, 7) is 4.21. The number of nitrogens with zero attached hydrogens (tertiary/aromatic N) is 1. The molecule has 10 nitrogen and oxygen atoms in total. The van der Waals surface area contributed by atoms with Crippen LogP contribution in [0.15, 0.2) is 54.2 Å². The summed E-state index contributed by atoms with van der Waals surface area (Å²) in [5, 5.41) is 10.6. The van der Waals surface area contributed by atoms with Gasteiger partial charge in [-0.05, 0) is 61.2 Å². The SMILES string of the molecule is Cc1ccc(NC(=O)NCc2cccc(NC3=CC(=O)N(C4CCC(=O)NC4=O)C3=O)c2)cc1C. The van der Waals surface area contributed by atoms with Gasteiger partial charge in [0.05, 0.1) is 0 Å². The first-order valence-electron chi connectivity index (χ1n) is 11.1. The Bertz CT molecular complexity index is 1270. The Balaban J connectivity index is 1.35. The van der Waals surface area contributed by atoms with Crippen LogP contribution in [-0.4, -0.2) is 40.6 Å². The van der Waals surface area contributed by atoms with Gasteiger partial charge < -0.3 is 16.0 Å². The maximum Gasteiger partial charge on any atom is 0.319 e. The number of piperidine rings is 1. The molecular formula is C25H25N5O5. The van der Waals surface area contributed by atoms with Gasteiger partial charge in [0.15, 0.2) is 0 Å². The van der Waals surface area contributed by atoms with E-state index in [4.69, 9.17) is 0 Å². The molecule has 1 saturated heterocycles. The molecule has 4 N–H and O–H groups in total. The maximum atomic E-state index is 12.8.